The van der Waals surface area contributed by atoms with E-state index in [4.69, 9.17) is 5.41 Å². The maximum absolute atomic E-state index is 11.2. The zero-order valence-corrected chi connectivity index (χ0v) is 8.07. The number of hydrogen-bond acceptors (Lipinski definition) is 4. The molecular weight excluding hydrogens is 198 g/mol. The smallest absolute Gasteiger partial charge is 0.343 e. The first-order chi connectivity index (χ1) is 7.10. The van der Waals surface area contributed by atoms with Crippen molar-refractivity contribution in [3.05, 3.63) is 22.6 Å². The van der Waals surface area contributed by atoms with Crippen molar-refractivity contribution >= 4 is 23.4 Å². The average molecular weight is 206 g/mol. The molecule has 5 heteroatoms. The molecule has 1 aliphatic rings. The molecule has 0 bridgehead atoms. The van der Waals surface area contributed by atoms with E-state index in [9.17, 15) is 14.4 Å². The van der Waals surface area contributed by atoms with Gasteiger partial charge >= 0.3 is 5.97 Å². The molecule has 0 radical (unpaired) electrons. The van der Waals surface area contributed by atoms with Crippen LogP contribution in [0.5, 0.6) is 0 Å². The van der Waals surface area contributed by atoms with Crippen LogP contribution in [-0.2, 0) is 19.1 Å². The van der Waals surface area contributed by atoms with Crippen LogP contribution in [0, 0.1) is 0 Å². The second-order valence-corrected chi connectivity index (χ2v) is 2.92. The standard InChI is InChI=1S/C10H8NO4/c1-15-10(14)6(5-11)4-7-8(12)2-3-9(7)13/h4H,2-3H2,1H3/q-1. The Balaban J connectivity index is 3.05. The third kappa shape index (κ3) is 2.27. The number of esters is 1. The Hall–Kier alpha value is -2.00. The van der Waals surface area contributed by atoms with Crippen molar-refractivity contribution in [3.8, 4) is 0 Å². The molecule has 0 aromatic rings. The summed E-state index contributed by atoms with van der Waals surface area (Å²) in [5.74, 6) is 0.0596. The number of ketones is 2. The first kappa shape index (κ1) is 11.1. The lowest BCUT2D eigenvalue weighted by atomic mass is 10.1. The van der Waals surface area contributed by atoms with Gasteiger partial charge in [-0.1, -0.05) is 0 Å². The first-order valence-electron chi connectivity index (χ1n) is 4.23. The predicted octanol–water partition coefficient (Wildman–Crippen LogP) is 0.183. The van der Waals surface area contributed by atoms with E-state index in [1.54, 1.807) is 5.87 Å². The van der Waals surface area contributed by atoms with Crippen LogP contribution in [-0.4, -0.2) is 30.5 Å². The summed E-state index contributed by atoms with van der Waals surface area (Å²) >= 11 is 0. The monoisotopic (exact) mass is 206 g/mol. The molecule has 0 amide bonds. The normalized spacial score (nSPS) is 14.9. The predicted molar refractivity (Wildman–Crippen MR) is 51.2 cm³/mol. The van der Waals surface area contributed by atoms with Gasteiger partial charge in [0.25, 0.3) is 0 Å². The average Bonchev–Trinajstić information content (AvgIpc) is 2.55. The van der Waals surface area contributed by atoms with Crippen molar-refractivity contribution in [2.24, 2.45) is 0 Å². The number of nitrogens with zero attached hydrogens (tertiary/aromatic N) is 1. The quantitative estimate of drug-likeness (QED) is 0.279. The molecule has 1 aliphatic carbocycles. The molecule has 0 N–H and O–H groups in total. The highest BCUT2D eigenvalue weighted by Crippen LogP contribution is 2.18. The van der Waals surface area contributed by atoms with Gasteiger partial charge in [0.15, 0.2) is 11.6 Å². The van der Waals surface area contributed by atoms with Gasteiger partial charge in [-0.05, 0) is 6.08 Å². The Labute approximate surface area is 85.9 Å². The summed E-state index contributed by atoms with van der Waals surface area (Å²) in [6, 6.07) is 0. The highest BCUT2D eigenvalue weighted by molar-refractivity contribution is 6.26. The molecule has 1 saturated carbocycles. The van der Waals surface area contributed by atoms with Crippen LogP contribution in [0.4, 0.5) is 0 Å². The molecule has 78 valence electrons. The number of ether oxygens (including phenoxy) is 1. The summed E-state index contributed by atoms with van der Waals surface area (Å²) in [5.41, 5.74) is -0.423. The second kappa shape index (κ2) is 4.48. The molecule has 1 fully saturated rings. The summed E-state index contributed by atoms with van der Waals surface area (Å²) in [4.78, 5) is 33.4. The van der Waals surface area contributed by atoms with E-state index in [0.29, 0.717) is 0 Å². The molecule has 0 atom stereocenters. The van der Waals surface area contributed by atoms with Gasteiger partial charge < -0.3 is 10.1 Å². The molecule has 0 aromatic heterocycles. The lowest BCUT2D eigenvalue weighted by Gasteiger charge is -1.99. The van der Waals surface area contributed by atoms with Crippen molar-refractivity contribution in [3.63, 3.8) is 0 Å². The lowest BCUT2D eigenvalue weighted by Crippen LogP contribution is -2.07. The van der Waals surface area contributed by atoms with Gasteiger partial charge in [-0.25, -0.2) is 4.79 Å². The van der Waals surface area contributed by atoms with E-state index >= 15 is 0 Å². The van der Waals surface area contributed by atoms with Crippen LogP contribution in [0.2, 0.25) is 0 Å². The zero-order chi connectivity index (χ0) is 11.4. The summed E-state index contributed by atoms with van der Waals surface area (Å²) in [6.07, 6.45) is 1.29. The molecule has 1 rings (SSSR count). The maximum atomic E-state index is 11.2. The van der Waals surface area contributed by atoms with Gasteiger partial charge in [0.05, 0.1) is 18.3 Å². The van der Waals surface area contributed by atoms with E-state index in [1.807, 2.05) is 0 Å². The van der Waals surface area contributed by atoms with E-state index in [2.05, 4.69) is 4.74 Å². The molecule has 5 nitrogen and oxygen atoms in total. The van der Waals surface area contributed by atoms with Crippen molar-refractivity contribution in [2.45, 2.75) is 12.8 Å². The van der Waals surface area contributed by atoms with E-state index in [1.165, 1.54) is 0 Å². The number of hydrogen-bond donors (Lipinski definition) is 0. The Kier molecular flexibility index (Phi) is 3.31. The lowest BCUT2D eigenvalue weighted by molar-refractivity contribution is -0.135. The van der Waals surface area contributed by atoms with Crippen molar-refractivity contribution < 1.29 is 19.1 Å². The van der Waals surface area contributed by atoms with Gasteiger partial charge in [0.1, 0.15) is 0 Å². The van der Waals surface area contributed by atoms with Gasteiger partial charge in [-0.15, -0.1) is 0 Å². The van der Waals surface area contributed by atoms with E-state index < -0.39 is 5.97 Å². The highest BCUT2D eigenvalue weighted by Gasteiger charge is 2.26. The summed E-state index contributed by atoms with van der Waals surface area (Å²) in [6.45, 7) is 0. The molecule has 15 heavy (non-hydrogen) atoms. The minimum atomic E-state index is -0.850. The number of Topliss-reactive ketones (excluding diaryl/α,β-unsaturated/α-hetero) is 2. The number of allylic oxidation sites excluding steroid dienone is 1. The Bertz CT molecular complexity index is 395. The van der Waals surface area contributed by atoms with Crippen LogP contribution in [0.3, 0.4) is 0 Å². The molecule has 0 spiro atoms. The van der Waals surface area contributed by atoms with Crippen LogP contribution in [0.15, 0.2) is 17.2 Å². The molecule has 0 aliphatic heterocycles. The first-order valence-corrected chi connectivity index (χ1v) is 4.23. The number of methoxy groups -OCH3 is 1. The molecule has 0 heterocycles. The largest absolute Gasteiger partial charge is 0.763 e. The number of carbonyl (C=O) groups is 3. The van der Waals surface area contributed by atoms with Gasteiger partial charge in [-0.3, -0.25) is 15.5 Å². The van der Waals surface area contributed by atoms with Crippen molar-refractivity contribution in [1.82, 2.24) is 0 Å². The third-order valence-electron chi connectivity index (χ3n) is 1.99. The van der Waals surface area contributed by atoms with Crippen molar-refractivity contribution in [2.75, 3.05) is 7.11 Å². The number of carbonyl (C=O) groups excluding carboxylic acids is 3. The van der Waals surface area contributed by atoms with E-state index in [0.717, 1.165) is 13.2 Å². The topological polar surface area (TPSA) is 82.7 Å². The summed E-state index contributed by atoms with van der Waals surface area (Å²) < 4.78 is 4.32. The molecular formula is C10H8NO4-. The Morgan fingerprint density at radius 2 is 1.93 bits per heavy atom. The minimum Gasteiger partial charge on any atom is -0.763 e. The second-order valence-electron chi connectivity index (χ2n) is 2.92. The maximum Gasteiger partial charge on any atom is 0.343 e. The third-order valence-corrected chi connectivity index (χ3v) is 1.99. The van der Waals surface area contributed by atoms with Crippen LogP contribution >= 0.6 is 0 Å². The van der Waals surface area contributed by atoms with Gasteiger partial charge in [0, 0.05) is 12.8 Å². The highest BCUT2D eigenvalue weighted by atomic mass is 16.5. The fourth-order valence-electron chi connectivity index (χ4n) is 1.20. The Morgan fingerprint density at radius 3 is 2.33 bits per heavy atom. The Morgan fingerprint density at radius 1 is 1.40 bits per heavy atom. The molecule has 0 saturated heterocycles. The molecule has 0 unspecified atom stereocenters. The SMILES string of the molecule is COC(=O)C(=C=[N-])C=C1C(=O)CCC1=O. The van der Waals surface area contributed by atoms with Crippen LogP contribution < -0.4 is 0 Å². The minimum absolute atomic E-state index is 0.0862. The molecule has 0 aromatic carbocycles. The zero-order valence-electron chi connectivity index (χ0n) is 8.07. The van der Waals surface area contributed by atoms with Crippen LogP contribution in [0.25, 0.3) is 5.41 Å². The summed E-state index contributed by atoms with van der Waals surface area (Å²) in [7, 11) is 1.12. The fourth-order valence-corrected chi connectivity index (χ4v) is 1.20. The van der Waals surface area contributed by atoms with Crippen LogP contribution in [0.1, 0.15) is 12.8 Å². The van der Waals surface area contributed by atoms with E-state index in [-0.39, 0.29) is 35.6 Å². The number of rotatable bonds is 2. The summed E-state index contributed by atoms with van der Waals surface area (Å²) in [5, 5.41) is 8.61. The fraction of sp³-hybridized carbons (Fsp3) is 0.300. The van der Waals surface area contributed by atoms with Gasteiger partial charge in [0.2, 0.25) is 0 Å². The van der Waals surface area contributed by atoms with Crippen molar-refractivity contribution in [1.29, 1.82) is 0 Å². The van der Waals surface area contributed by atoms with Gasteiger partial charge in [-0.2, -0.15) is 0 Å².